The van der Waals surface area contributed by atoms with Crippen molar-refractivity contribution in [3.8, 4) is 11.5 Å². The van der Waals surface area contributed by atoms with Gasteiger partial charge in [-0.2, -0.15) is 0 Å². The van der Waals surface area contributed by atoms with E-state index < -0.39 is 17.6 Å². The summed E-state index contributed by atoms with van der Waals surface area (Å²) in [6.45, 7) is 0. The van der Waals surface area contributed by atoms with Gasteiger partial charge in [-0.15, -0.1) is 0 Å². The second kappa shape index (κ2) is 5.56. The highest BCUT2D eigenvalue weighted by atomic mass is 19.1. The lowest BCUT2D eigenvalue weighted by molar-refractivity contribution is 0.0601. The van der Waals surface area contributed by atoms with Crippen LogP contribution >= 0.6 is 0 Å². The predicted octanol–water partition coefficient (Wildman–Crippen LogP) is 3.13. The number of benzene rings is 2. The molecule has 0 unspecified atom stereocenters. The SMILES string of the molecule is COC(=O)c1cccc(Oc2cc(F)cc(F)c2)c1N. The summed E-state index contributed by atoms with van der Waals surface area (Å²) in [6.07, 6.45) is 0. The molecule has 0 radical (unpaired) electrons. The van der Waals surface area contributed by atoms with E-state index in [1.807, 2.05) is 0 Å². The fourth-order valence-corrected chi connectivity index (χ4v) is 1.64. The number of carbonyl (C=O) groups excluding carboxylic acids is 1. The number of anilines is 1. The van der Waals surface area contributed by atoms with Crippen molar-refractivity contribution in [2.24, 2.45) is 0 Å². The summed E-state index contributed by atoms with van der Waals surface area (Å²) in [5, 5.41) is 0. The largest absolute Gasteiger partial charge is 0.465 e. The van der Waals surface area contributed by atoms with Crippen LogP contribution in [0.3, 0.4) is 0 Å². The molecule has 0 aromatic heterocycles. The molecule has 2 rings (SSSR count). The Labute approximate surface area is 113 Å². The van der Waals surface area contributed by atoms with Crippen molar-refractivity contribution >= 4 is 11.7 Å². The number of hydrogen-bond acceptors (Lipinski definition) is 4. The van der Waals surface area contributed by atoms with Crippen molar-refractivity contribution in [1.82, 2.24) is 0 Å². The van der Waals surface area contributed by atoms with Gasteiger partial charge in [0.2, 0.25) is 0 Å². The van der Waals surface area contributed by atoms with Crippen molar-refractivity contribution in [2.75, 3.05) is 12.8 Å². The summed E-state index contributed by atoms with van der Waals surface area (Å²) in [7, 11) is 1.22. The number of esters is 1. The fraction of sp³-hybridized carbons (Fsp3) is 0.0714. The van der Waals surface area contributed by atoms with E-state index in [0.717, 1.165) is 18.2 Å². The lowest BCUT2D eigenvalue weighted by Crippen LogP contribution is -2.06. The number of nitrogens with two attached hydrogens (primary N) is 1. The third-order valence-corrected chi connectivity index (χ3v) is 2.54. The van der Waals surface area contributed by atoms with E-state index >= 15 is 0 Å². The maximum atomic E-state index is 13.1. The van der Waals surface area contributed by atoms with Gasteiger partial charge in [-0.3, -0.25) is 0 Å². The molecule has 0 aliphatic carbocycles. The monoisotopic (exact) mass is 279 g/mol. The molecule has 2 N–H and O–H groups in total. The Bertz CT molecular complexity index is 639. The van der Waals surface area contributed by atoms with Gasteiger partial charge >= 0.3 is 5.97 Å². The van der Waals surface area contributed by atoms with Gasteiger partial charge in [0.15, 0.2) is 5.75 Å². The molecule has 0 saturated heterocycles. The third kappa shape index (κ3) is 2.85. The number of halogens is 2. The van der Waals surface area contributed by atoms with Crippen molar-refractivity contribution in [3.63, 3.8) is 0 Å². The average Bonchev–Trinajstić information content (AvgIpc) is 2.39. The summed E-state index contributed by atoms with van der Waals surface area (Å²) in [4.78, 5) is 11.5. The minimum Gasteiger partial charge on any atom is -0.465 e. The first-order valence-electron chi connectivity index (χ1n) is 5.62. The van der Waals surface area contributed by atoms with E-state index in [0.29, 0.717) is 0 Å². The van der Waals surface area contributed by atoms with Crippen LogP contribution in [0.1, 0.15) is 10.4 Å². The van der Waals surface area contributed by atoms with E-state index in [-0.39, 0.29) is 22.7 Å². The molecule has 0 fully saturated rings. The molecule has 6 heteroatoms. The van der Waals surface area contributed by atoms with Crippen molar-refractivity contribution in [3.05, 3.63) is 53.6 Å². The Hall–Kier alpha value is -2.63. The number of hydrogen-bond donors (Lipinski definition) is 1. The summed E-state index contributed by atoms with van der Waals surface area (Å²) < 4.78 is 36.0. The smallest absolute Gasteiger partial charge is 0.340 e. The highest BCUT2D eigenvalue weighted by Crippen LogP contribution is 2.31. The first-order valence-corrected chi connectivity index (χ1v) is 5.62. The maximum Gasteiger partial charge on any atom is 0.340 e. The Morgan fingerprint density at radius 3 is 2.40 bits per heavy atom. The lowest BCUT2D eigenvalue weighted by atomic mass is 10.1. The number of para-hydroxylation sites is 1. The van der Waals surface area contributed by atoms with Crippen LogP contribution in [0.25, 0.3) is 0 Å². The zero-order valence-corrected chi connectivity index (χ0v) is 10.5. The van der Waals surface area contributed by atoms with Crippen LogP contribution in [0.2, 0.25) is 0 Å². The van der Waals surface area contributed by atoms with Gasteiger partial charge < -0.3 is 15.2 Å². The maximum absolute atomic E-state index is 13.1. The Balaban J connectivity index is 2.36. The second-order valence-corrected chi connectivity index (χ2v) is 3.92. The molecule has 4 nitrogen and oxygen atoms in total. The van der Waals surface area contributed by atoms with E-state index in [4.69, 9.17) is 10.5 Å². The molecular formula is C14H11F2NO3. The second-order valence-electron chi connectivity index (χ2n) is 3.92. The molecule has 0 aliphatic rings. The van der Waals surface area contributed by atoms with Crippen LogP contribution in [-0.2, 0) is 4.74 Å². The van der Waals surface area contributed by atoms with Crippen LogP contribution in [0.15, 0.2) is 36.4 Å². The molecule has 0 amide bonds. The van der Waals surface area contributed by atoms with Crippen molar-refractivity contribution in [2.45, 2.75) is 0 Å². The topological polar surface area (TPSA) is 61.5 Å². The van der Waals surface area contributed by atoms with Crippen molar-refractivity contribution in [1.29, 1.82) is 0 Å². The molecule has 0 atom stereocenters. The normalized spacial score (nSPS) is 10.2. The van der Waals surface area contributed by atoms with Crippen molar-refractivity contribution < 1.29 is 23.0 Å². The molecule has 0 bridgehead atoms. The van der Waals surface area contributed by atoms with Crippen LogP contribution in [-0.4, -0.2) is 13.1 Å². The molecule has 20 heavy (non-hydrogen) atoms. The van der Waals surface area contributed by atoms with Gasteiger partial charge in [-0.25, -0.2) is 13.6 Å². The zero-order valence-electron chi connectivity index (χ0n) is 10.5. The number of nitrogen functional groups attached to an aromatic ring is 1. The molecular weight excluding hydrogens is 268 g/mol. The third-order valence-electron chi connectivity index (χ3n) is 2.54. The summed E-state index contributed by atoms with van der Waals surface area (Å²) in [6, 6.07) is 7.19. The number of rotatable bonds is 3. The van der Waals surface area contributed by atoms with E-state index in [2.05, 4.69) is 4.74 Å². The fourth-order valence-electron chi connectivity index (χ4n) is 1.64. The zero-order chi connectivity index (χ0) is 14.7. The Morgan fingerprint density at radius 1 is 1.15 bits per heavy atom. The minimum absolute atomic E-state index is 0.0315. The number of carbonyl (C=O) groups is 1. The Kier molecular flexibility index (Phi) is 3.84. The van der Waals surface area contributed by atoms with E-state index in [9.17, 15) is 13.6 Å². The summed E-state index contributed by atoms with van der Waals surface area (Å²) in [5.41, 5.74) is 5.91. The highest BCUT2D eigenvalue weighted by molar-refractivity contribution is 5.96. The minimum atomic E-state index is -0.775. The van der Waals surface area contributed by atoms with Gasteiger partial charge in [0.05, 0.1) is 18.4 Å². The molecule has 2 aromatic carbocycles. The Morgan fingerprint density at radius 2 is 1.80 bits per heavy atom. The molecule has 2 aromatic rings. The van der Waals surface area contributed by atoms with Gasteiger partial charge in [0.25, 0.3) is 0 Å². The lowest BCUT2D eigenvalue weighted by Gasteiger charge is -2.11. The number of ether oxygens (including phenoxy) is 2. The molecule has 0 heterocycles. The predicted molar refractivity (Wildman–Crippen MR) is 68.6 cm³/mol. The van der Waals surface area contributed by atoms with Crippen LogP contribution < -0.4 is 10.5 Å². The van der Waals surface area contributed by atoms with Crippen LogP contribution in [0.4, 0.5) is 14.5 Å². The van der Waals surface area contributed by atoms with Gasteiger partial charge in [-0.1, -0.05) is 6.07 Å². The van der Waals surface area contributed by atoms with E-state index in [1.165, 1.54) is 25.3 Å². The van der Waals surface area contributed by atoms with Gasteiger partial charge in [-0.05, 0) is 12.1 Å². The number of methoxy groups -OCH3 is 1. The highest BCUT2D eigenvalue weighted by Gasteiger charge is 2.14. The van der Waals surface area contributed by atoms with Gasteiger partial charge in [0, 0.05) is 18.2 Å². The van der Waals surface area contributed by atoms with Crippen LogP contribution in [0.5, 0.6) is 11.5 Å². The first-order chi connectivity index (χ1) is 9.51. The molecule has 104 valence electrons. The van der Waals surface area contributed by atoms with Gasteiger partial charge in [0.1, 0.15) is 17.4 Å². The standard InChI is InChI=1S/C14H11F2NO3/c1-19-14(18)11-3-2-4-12(13(11)17)20-10-6-8(15)5-9(16)7-10/h2-7H,17H2,1H3. The average molecular weight is 279 g/mol. The van der Waals surface area contributed by atoms with E-state index in [1.54, 1.807) is 0 Å². The first kappa shape index (κ1) is 13.8. The molecule has 0 spiro atoms. The summed E-state index contributed by atoms with van der Waals surface area (Å²) >= 11 is 0. The van der Waals surface area contributed by atoms with Crippen LogP contribution in [0, 0.1) is 11.6 Å². The molecule has 0 aliphatic heterocycles. The molecule has 0 saturated carbocycles. The summed E-state index contributed by atoms with van der Waals surface area (Å²) in [5.74, 6) is -2.13. The quantitative estimate of drug-likeness (QED) is 0.692.